The molecule has 0 unspecified atom stereocenters. The van der Waals surface area contributed by atoms with Crippen molar-refractivity contribution in [1.82, 2.24) is 20.2 Å². The van der Waals surface area contributed by atoms with E-state index in [2.05, 4.69) is 10.3 Å². The van der Waals surface area contributed by atoms with Gasteiger partial charge in [0.25, 0.3) is 0 Å². The van der Waals surface area contributed by atoms with Gasteiger partial charge in [0.15, 0.2) is 0 Å². The highest BCUT2D eigenvalue weighted by molar-refractivity contribution is 6.39. The standard InChI is InChI=1S/C37H35Cl3N4O3/c1-21-8-9-23(19-32(21)46-3)35-34(40)27(12-15-41-35)26-6-5-7-28(33(26)39)31-11-10-29-36(43-31)30(38)18-24(37(29)47-4)20-42-25-13-16-44(17-14-25)22(2)45/h5-12,15,18-19,25,42H,13-14,16-17,20H2,1-4H3. The molecular weight excluding hydrogens is 655 g/mol. The Bertz CT molecular complexity index is 1980. The molecule has 1 amide bonds. The summed E-state index contributed by atoms with van der Waals surface area (Å²) in [5.74, 6) is 1.61. The summed E-state index contributed by atoms with van der Waals surface area (Å²) in [4.78, 5) is 23.1. The smallest absolute Gasteiger partial charge is 0.219 e. The van der Waals surface area contributed by atoms with E-state index in [1.807, 2.05) is 72.5 Å². The highest BCUT2D eigenvalue weighted by Crippen LogP contribution is 2.43. The Hall–Kier alpha value is -3.88. The molecule has 3 aromatic carbocycles. The number of benzene rings is 3. The van der Waals surface area contributed by atoms with E-state index in [1.165, 1.54) is 0 Å². The van der Waals surface area contributed by atoms with Crippen molar-refractivity contribution in [3.63, 3.8) is 0 Å². The van der Waals surface area contributed by atoms with Gasteiger partial charge in [-0.25, -0.2) is 4.98 Å². The molecule has 3 heterocycles. The first-order valence-corrected chi connectivity index (χ1v) is 16.6. The van der Waals surface area contributed by atoms with Crippen LogP contribution in [0.2, 0.25) is 15.1 Å². The Kier molecular flexibility index (Phi) is 9.90. The predicted octanol–water partition coefficient (Wildman–Crippen LogP) is 9.02. The average molecular weight is 690 g/mol. The molecule has 1 aliphatic heterocycles. The van der Waals surface area contributed by atoms with Gasteiger partial charge >= 0.3 is 0 Å². The molecule has 1 saturated heterocycles. The SMILES string of the molecule is COc1cc(-c2nccc(-c3cccc(-c4ccc5c(OC)c(CNC6CCN(C(C)=O)CC6)cc(Cl)c5n4)c3Cl)c2Cl)ccc1C. The lowest BCUT2D eigenvalue weighted by Gasteiger charge is -2.32. The third-order valence-electron chi connectivity index (χ3n) is 8.82. The van der Waals surface area contributed by atoms with E-state index < -0.39 is 0 Å². The monoisotopic (exact) mass is 688 g/mol. The molecule has 7 nitrogen and oxygen atoms in total. The van der Waals surface area contributed by atoms with Gasteiger partial charge in [-0.1, -0.05) is 65.1 Å². The van der Waals surface area contributed by atoms with Crippen LogP contribution in [0.25, 0.3) is 44.5 Å². The molecule has 242 valence electrons. The number of amides is 1. The fraction of sp³-hybridized carbons (Fsp3) is 0.270. The van der Waals surface area contributed by atoms with Crippen LogP contribution in [-0.4, -0.2) is 54.1 Å². The van der Waals surface area contributed by atoms with Crippen LogP contribution in [0.5, 0.6) is 11.5 Å². The summed E-state index contributed by atoms with van der Waals surface area (Å²) in [6, 6.07) is 19.7. The Morgan fingerprint density at radius 1 is 0.936 bits per heavy atom. The number of likely N-dealkylation sites (tertiary alicyclic amines) is 1. The number of carbonyl (C=O) groups excluding carboxylic acids is 1. The van der Waals surface area contributed by atoms with Gasteiger partial charge in [-0.15, -0.1) is 0 Å². The van der Waals surface area contributed by atoms with E-state index in [1.54, 1.807) is 27.3 Å². The first kappa shape index (κ1) is 33.0. The fourth-order valence-electron chi connectivity index (χ4n) is 6.22. The van der Waals surface area contributed by atoms with Crippen molar-refractivity contribution in [1.29, 1.82) is 0 Å². The second-order valence-electron chi connectivity index (χ2n) is 11.7. The van der Waals surface area contributed by atoms with Crippen LogP contribution < -0.4 is 14.8 Å². The molecule has 0 saturated carbocycles. The lowest BCUT2D eigenvalue weighted by atomic mass is 9.99. The second-order valence-corrected chi connectivity index (χ2v) is 12.8. The molecule has 6 rings (SSSR count). The van der Waals surface area contributed by atoms with Crippen LogP contribution in [0.4, 0.5) is 0 Å². The fourth-order valence-corrected chi connectivity index (χ4v) is 7.14. The first-order valence-electron chi connectivity index (χ1n) is 15.4. The molecule has 0 bridgehead atoms. The van der Waals surface area contributed by atoms with Gasteiger partial charge in [0.05, 0.1) is 46.2 Å². The number of methoxy groups -OCH3 is 2. The number of aryl methyl sites for hydroxylation is 1. The van der Waals surface area contributed by atoms with E-state index in [4.69, 9.17) is 49.3 Å². The zero-order valence-corrected chi connectivity index (χ0v) is 28.9. The van der Waals surface area contributed by atoms with Crippen molar-refractivity contribution in [2.45, 2.75) is 39.3 Å². The number of halogens is 3. The number of nitrogens with zero attached hydrogens (tertiary/aromatic N) is 3. The van der Waals surface area contributed by atoms with E-state index in [9.17, 15) is 4.79 Å². The normalized spacial score (nSPS) is 13.6. The van der Waals surface area contributed by atoms with Crippen LogP contribution in [0, 0.1) is 6.92 Å². The molecule has 1 aliphatic rings. The summed E-state index contributed by atoms with van der Waals surface area (Å²) >= 11 is 21.0. The van der Waals surface area contributed by atoms with Crippen molar-refractivity contribution in [2.24, 2.45) is 0 Å². The molecule has 10 heteroatoms. The molecule has 0 radical (unpaired) electrons. The molecule has 5 aromatic rings. The maximum absolute atomic E-state index is 11.7. The number of fused-ring (bicyclic) bond motifs is 1. The molecule has 0 aliphatic carbocycles. The first-order chi connectivity index (χ1) is 22.7. The van der Waals surface area contributed by atoms with E-state index in [0.29, 0.717) is 44.6 Å². The molecule has 0 atom stereocenters. The molecule has 2 aromatic heterocycles. The maximum atomic E-state index is 11.7. The largest absolute Gasteiger partial charge is 0.496 e. The lowest BCUT2D eigenvalue weighted by Crippen LogP contribution is -2.43. The van der Waals surface area contributed by atoms with Crippen molar-refractivity contribution in [2.75, 3.05) is 27.3 Å². The summed E-state index contributed by atoms with van der Waals surface area (Å²) < 4.78 is 11.4. The number of hydrogen-bond acceptors (Lipinski definition) is 6. The summed E-state index contributed by atoms with van der Waals surface area (Å²) in [7, 11) is 3.30. The van der Waals surface area contributed by atoms with Gasteiger partial charge in [-0.05, 0) is 55.7 Å². The Balaban J connectivity index is 1.31. The summed E-state index contributed by atoms with van der Waals surface area (Å²) in [5.41, 5.74) is 7.01. The van der Waals surface area contributed by atoms with Gasteiger partial charge in [0.2, 0.25) is 5.91 Å². The van der Waals surface area contributed by atoms with Gasteiger partial charge in [-0.3, -0.25) is 9.78 Å². The Labute approximate surface area is 289 Å². The maximum Gasteiger partial charge on any atom is 0.219 e. The van der Waals surface area contributed by atoms with Crippen molar-refractivity contribution < 1.29 is 14.3 Å². The van der Waals surface area contributed by atoms with Crippen molar-refractivity contribution in [3.05, 3.63) is 93.1 Å². The molecule has 47 heavy (non-hydrogen) atoms. The average Bonchev–Trinajstić information content (AvgIpc) is 3.08. The van der Waals surface area contributed by atoms with E-state index >= 15 is 0 Å². The number of ether oxygens (including phenoxy) is 2. The minimum atomic E-state index is 0.126. The van der Waals surface area contributed by atoms with Crippen LogP contribution >= 0.6 is 34.8 Å². The Morgan fingerprint density at radius 3 is 2.40 bits per heavy atom. The van der Waals surface area contributed by atoms with Crippen LogP contribution in [0.15, 0.2) is 66.9 Å². The Morgan fingerprint density at radius 2 is 1.68 bits per heavy atom. The van der Waals surface area contributed by atoms with Gasteiger partial charge < -0.3 is 19.7 Å². The van der Waals surface area contributed by atoms with Crippen LogP contribution in [0.1, 0.15) is 30.9 Å². The van der Waals surface area contributed by atoms with Gasteiger partial charge in [0.1, 0.15) is 11.5 Å². The molecule has 1 fully saturated rings. The number of nitrogens with one attached hydrogen (secondary N) is 1. The van der Waals surface area contributed by atoms with E-state index in [0.717, 1.165) is 76.2 Å². The number of hydrogen-bond donors (Lipinski definition) is 1. The van der Waals surface area contributed by atoms with Crippen molar-refractivity contribution >= 4 is 51.6 Å². The minimum Gasteiger partial charge on any atom is -0.496 e. The number of aromatic nitrogens is 2. The van der Waals surface area contributed by atoms with Crippen LogP contribution in [0.3, 0.4) is 0 Å². The molecular formula is C37H35Cl3N4O3. The second kappa shape index (κ2) is 14.1. The number of pyridine rings is 2. The van der Waals surface area contributed by atoms with Crippen LogP contribution in [-0.2, 0) is 11.3 Å². The highest BCUT2D eigenvalue weighted by atomic mass is 35.5. The third-order valence-corrected chi connectivity index (χ3v) is 9.90. The third kappa shape index (κ3) is 6.63. The lowest BCUT2D eigenvalue weighted by molar-refractivity contribution is -0.129. The van der Waals surface area contributed by atoms with Gasteiger partial charge in [0, 0.05) is 72.0 Å². The number of carbonyl (C=O) groups is 1. The number of rotatable bonds is 8. The summed E-state index contributed by atoms with van der Waals surface area (Å²) in [5, 5.41) is 5.96. The summed E-state index contributed by atoms with van der Waals surface area (Å²) in [6.45, 7) is 5.72. The van der Waals surface area contributed by atoms with Gasteiger partial charge in [-0.2, -0.15) is 0 Å². The zero-order chi connectivity index (χ0) is 33.2. The quantitative estimate of drug-likeness (QED) is 0.175. The van der Waals surface area contributed by atoms with E-state index in [-0.39, 0.29) is 5.91 Å². The minimum absolute atomic E-state index is 0.126. The highest BCUT2D eigenvalue weighted by Gasteiger charge is 2.22. The van der Waals surface area contributed by atoms with Crippen molar-refractivity contribution in [3.8, 4) is 45.1 Å². The predicted molar refractivity (Wildman–Crippen MR) is 191 cm³/mol. The summed E-state index contributed by atoms with van der Waals surface area (Å²) in [6.07, 6.45) is 3.54. The topological polar surface area (TPSA) is 76.6 Å². The molecule has 1 N–H and O–H groups in total. The number of piperidine rings is 1. The molecule has 0 spiro atoms. The zero-order valence-electron chi connectivity index (χ0n) is 26.7.